The quantitative estimate of drug-likeness (QED) is 0.858. The number of nitrogens with zero attached hydrogens (tertiary/aromatic N) is 1. The third-order valence-electron chi connectivity index (χ3n) is 2.34. The van der Waals surface area contributed by atoms with Crippen LogP contribution in [0.15, 0.2) is 24.3 Å². The van der Waals surface area contributed by atoms with E-state index in [1.54, 1.807) is 13.2 Å². The fraction of sp³-hybridized carbons (Fsp3) is 0.417. The molecule has 1 rings (SSSR count). The lowest BCUT2D eigenvalue weighted by atomic mass is 10.00. The summed E-state index contributed by atoms with van der Waals surface area (Å²) >= 11 is 6.02. The van der Waals surface area contributed by atoms with Crippen molar-refractivity contribution in [2.75, 3.05) is 19.0 Å². The molecule has 86 valence electrons. The summed E-state index contributed by atoms with van der Waals surface area (Å²) in [6.45, 7) is 2.36. The Balaban J connectivity index is 2.78. The molecule has 0 radical (unpaired) electrons. The Morgan fingerprint density at radius 3 is 2.75 bits per heavy atom. The molecule has 3 nitrogen and oxygen atoms in total. The molecule has 0 saturated carbocycles. The molecule has 0 bridgehead atoms. The van der Waals surface area contributed by atoms with Gasteiger partial charge in [0.15, 0.2) is 0 Å². The molecule has 1 unspecified atom stereocenters. The van der Waals surface area contributed by atoms with Crippen LogP contribution in [0, 0.1) is 11.3 Å². The minimum atomic E-state index is -0.666. The van der Waals surface area contributed by atoms with Gasteiger partial charge in [0, 0.05) is 20.1 Å². The van der Waals surface area contributed by atoms with Crippen LogP contribution >= 0.6 is 11.6 Å². The standard InChI is InChI=1S/C12H15ClN2O/c1-12(9-14,7-8-16-2)15-11-6-4-3-5-10(11)13/h3-6,15H,7-8H2,1-2H3. The number of rotatable bonds is 5. The normalized spacial score (nSPS) is 13.9. The second-order valence-electron chi connectivity index (χ2n) is 3.79. The van der Waals surface area contributed by atoms with Gasteiger partial charge in [-0.1, -0.05) is 23.7 Å². The van der Waals surface area contributed by atoms with Crippen LogP contribution < -0.4 is 5.32 Å². The lowest BCUT2D eigenvalue weighted by Crippen LogP contribution is -2.34. The van der Waals surface area contributed by atoms with Gasteiger partial charge < -0.3 is 10.1 Å². The van der Waals surface area contributed by atoms with Crippen LogP contribution in [0.25, 0.3) is 0 Å². The third-order valence-corrected chi connectivity index (χ3v) is 2.67. The molecule has 1 aromatic rings. The molecular formula is C12H15ClN2O. The van der Waals surface area contributed by atoms with Crippen molar-refractivity contribution in [3.8, 4) is 6.07 Å². The summed E-state index contributed by atoms with van der Waals surface area (Å²) in [6, 6.07) is 9.61. The maximum Gasteiger partial charge on any atom is 0.124 e. The predicted molar refractivity (Wildman–Crippen MR) is 65.6 cm³/mol. The molecular weight excluding hydrogens is 224 g/mol. The van der Waals surface area contributed by atoms with Crippen LogP contribution in [0.2, 0.25) is 5.02 Å². The first kappa shape index (κ1) is 12.8. The van der Waals surface area contributed by atoms with Crippen molar-refractivity contribution >= 4 is 17.3 Å². The minimum absolute atomic E-state index is 0.529. The van der Waals surface area contributed by atoms with Gasteiger partial charge in [0.2, 0.25) is 0 Å². The van der Waals surface area contributed by atoms with E-state index in [1.165, 1.54) is 0 Å². The van der Waals surface area contributed by atoms with E-state index in [4.69, 9.17) is 21.6 Å². The van der Waals surface area contributed by atoms with E-state index in [0.717, 1.165) is 5.69 Å². The van der Waals surface area contributed by atoms with Crippen molar-refractivity contribution in [3.63, 3.8) is 0 Å². The van der Waals surface area contributed by atoms with Crippen molar-refractivity contribution in [1.29, 1.82) is 5.26 Å². The Morgan fingerprint density at radius 1 is 1.50 bits per heavy atom. The molecule has 0 amide bonds. The number of para-hydroxylation sites is 1. The molecule has 0 heterocycles. The lowest BCUT2D eigenvalue weighted by Gasteiger charge is -2.24. The summed E-state index contributed by atoms with van der Waals surface area (Å²) in [5.74, 6) is 0. The van der Waals surface area contributed by atoms with Crippen molar-refractivity contribution in [3.05, 3.63) is 29.3 Å². The average molecular weight is 239 g/mol. The van der Waals surface area contributed by atoms with Crippen LogP contribution in [-0.4, -0.2) is 19.3 Å². The molecule has 0 aliphatic carbocycles. The highest BCUT2D eigenvalue weighted by Gasteiger charge is 2.23. The maximum atomic E-state index is 9.15. The maximum absolute atomic E-state index is 9.15. The van der Waals surface area contributed by atoms with Gasteiger partial charge in [-0.05, 0) is 19.1 Å². The molecule has 0 aromatic heterocycles. The van der Waals surface area contributed by atoms with E-state index in [-0.39, 0.29) is 0 Å². The first-order valence-electron chi connectivity index (χ1n) is 5.04. The van der Waals surface area contributed by atoms with Crippen molar-refractivity contribution < 1.29 is 4.74 Å². The summed E-state index contributed by atoms with van der Waals surface area (Å²) < 4.78 is 4.98. The molecule has 1 N–H and O–H groups in total. The highest BCUT2D eigenvalue weighted by atomic mass is 35.5. The monoisotopic (exact) mass is 238 g/mol. The summed E-state index contributed by atoms with van der Waals surface area (Å²) in [5, 5.41) is 12.9. The van der Waals surface area contributed by atoms with Gasteiger partial charge in [-0.3, -0.25) is 0 Å². The third kappa shape index (κ3) is 3.41. The summed E-state index contributed by atoms with van der Waals surface area (Å²) in [6.07, 6.45) is 0.602. The zero-order chi connectivity index (χ0) is 12.0. The van der Waals surface area contributed by atoms with Crippen LogP contribution in [0.3, 0.4) is 0 Å². The molecule has 16 heavy (non-hydrogen) atoms. The summed E-state index contributed by atoms with van der Waals surface area (Å²) in [5.41, 5.74) is 0.102. The highest BCUT2D eigenvalue weighted by Crippen LogP contribution is 2.25. The number of halogens is 1. The number of methoxy groups -OCH3 is 1. The predicted octanol–water partition coefficient (Wildman–Crippen LogP) is 3.07. The number of hydrogen-bond acceptors (Lipinski definition) is 3. The van der Waals surface area contributed by atoms with Gasteiger partial charge in [-0.2, -0.15) is 5.26 Å². The highest BCUT2D eigenvalue weighted by molar-refractivity contribution is 6.33. The fourth-order valence-electron chi connectivity index (χ4n) is 1.31. The molecule has 0 aliphatic heterocycles. The van der Waals surface area contributed by atoms with E-state index < -0.39 is 5.54 Å². The number of benzene rings is 1. The van der Waals surface area contributed by atoms with Crippen LogP contribution in [0.1, 0.15) is 13.3 Å². The fourth-order valence-corrected chi connectivity index (χ4v) is 1.50. The van der Waals surface area contributed by atoms with Gasteiger partial charge in [0.05, 0.1) is 16.8 Å². The Bertz CT molecular complexity index is 389. The smallest absolute Gasteiger partial charge is 0.124 e. The SMILES string of the molecule is COCCC(C)(C#N)Nc1ccccc1Cl. The van der Waals surface area contributed by atoms with Crippen molar-refractivity contribution in [2.24, 2.45) is 0 Å². The Morgan fingerprint density at radius 2 is 2.19 bits per heavy atom. The lowest BCUT2D eigenvalue weighted by molar-refractivity contribution is 0.184. The Kier molecular flexibility index (Phi) is 4.60. The number of anilines is 1. The van der Waals surface area contributed by atoms with Gasteiger partial charge >= 0.3 is 0 Å². The van der Waals surface area contributed by atoms with Crippen LogP contribution in [-0.2, 0) is 4.74 Å². The van der Waals surface area contributed by atoms with Crippen molar-refractivity contribution in [1.82, 2.24) is 0 Å². The largest absolute Gasteiger partial charge is 0.385 e. The summed E-state index contributed by atoms with van der Waals surface area (Å²) in [7, 11) is 1.62. The van der Waals surface area contributed by atoms with Gasteiger partial charge in [0.25, 0.3) is 0 Å². The zero-order valence-corrected chi connectivity index (χ0v) is 10.2. The van der Waals surface area contributed by atoms with Crippen molar-refractivity contribution in [2.45, 2.75) is 18.9 Å². The van der Waals surface area contributed by atoms with Crippen LogP contribution in [0.5, 0.6) is 0 Å². The topological polar surface area (TPSA) is 45.0 Å². The molecule has 0 aliphatic rings. The molecule has 0 saturated heterocycles. The number of nitriles is 1. The average Bonchev–Trinajstić information content (AvgIpc) is 2.30. The van der Waals surface area contributed by atoms with Crippen LogP contribution in [0.4, 0.5) is 5.69 Å². The Labute approximate surface area is 101 Å². The molecule has 0 spiro atoms. The second-order valence-corrected chi connectivity index (χ2v) is 4.20. The second kappa shape index (κ2) is 5.74. The summed E-state index contributed by atoms with van der Waals surface area (Å²) in [4.78, 5) is 0. The first-order chi connectivity index (χ1) is 7.61. The first-order valence-corrected chi connectivity index (χ1v) is 5.42. The van der Waals surface area contributed by atoms with E-state index in [0.29, 0.717) is 18.1 Å². The molecule has 1 atom stereocenters. The van der Waals surface area contributed by atoms with Gasteiger partial charge in [-0.15, -0.1) is 0 Å². The van der Waals surface area contributed by atoms with Gasteiger partial charge in [-0.25, -0.2) is 0 Å². The minimum Gasteiger partial charge on any atom is -0.385 e. The molecule has 0 fully saturated rings. The molecule has 1 aromatic carbocycles. The number of hydrogen-bond donors (Lipinski definition) is 1. The Hall–Kier alpha value is -1.24. The molecule has 4 heteroatoms. The van der Waals surface area contributed by atoms with E-state index in [2.05, 4.69) is 11.4 Å². The number of nitrogens with one attached hydrogen (secondary N) is 1. The van der Waals surface area contributed by atoms with E-state index in [9.17, 15) is 0 Å². The zero-order valence-electron chi connectivity index (χ0n) is 9.46. The van der Waals surface area contributed by atoms with Gasteiger partial charge in [0.1, 0.15) is 5.54 Å². The van der Waals surface area contributed by atoms with E-state index >= 15 is 0 Å². The number of ether oxygens (including phenoxy) is 1. The van der Waals surface area contributed by atoms with E-state index in [1.807, 2.05) is 25.1 Å².